The molecule has 0 fully saturated rings. The molecule has 2 rings (SSSR count). The molecule has 0 atom stereocenters. The van der Waals surface area contributed by atoms with Crippen molar-refractivity contribution in [3.05, 3.63) is 72.3 Å². The van der Waals surface area contributed by atoms with Gasteiger partial charge in [0.25, 0.3) is 0 Å². The van der Waals surface area contributed by atoms with Gasteiger partial charge in [-0.3, -0.25) is 20.6 Å². The molecule has 1 heterocycles. The van der Waals surface area contributed by atoms with E-state index in [1.165, 1.54) is 12.1 Å². The number of hydrazine groups is 1. The zero-order chi connectivity index (χ0) is 14.4. The Labute approximate surface area is 116 Å². The number of pyridine rings is 1. The summed E-state index contributed by atoms with van der Waals surface area (Å²) in [7, 11) is 0. The van der Waals surface area contributed by atoms with Crippen molar-refractivity contribution in [2.75, 3.05) is 0 Å². The third-order valence-electron chi connectivity index (χ3n) is 2.66. The van der Waals surface area contributed by atoms with E-state index < -0.39 is 0 Å². The second kappa shape index (κ2) is 6.47. The summed E-state index contributed by atoms with van der Waals surface area (Å²) in [4.78, 5) is 15.6. The van der Waals surface area contributed by atoms with Crippen LogP contribution in [-0.4, -0.2) is 10.9 Å². The Bertz CT molecular complexity index is 596. The largest absolute Gasteiger partial charge is 0.299 e. The van der Waals surface area contributed by atoms with Crippen molar-refractivity contribution in [1.29, 1.82) is 0 Å². The van der Waals surface area contributed by atoms with E-state index in [4.69, 9.17) is 0 Å². The van der Waals surface area contributed by atoms with E-state index in [-0.39, 0.29) is 18.1 Å². The minimum absolute atomic E-state index is 0.164. The smallest absolute Gasteiger partial charge is 0.242 e. The summed E-state index contributed by atoms with van der Waals surface area (Å²) < 4.78 is 12.7. The van der Waals surface area contributed by atoms with Crippen molar-refractivity contribution >= 4 is 11.6 Å². The van der Waals surface area contributed by atoms with Crippen LogP contribution in [0.25, 0.3) is 5.70 Å². The molecule has 0 aliphatic carbocycles. The number of hydrogen-bond acceptors (Lipinski definition) is 3. The second-order valence-electron chi connectivity index (χ2n) is 4.19. The predicted octanol–water partition coefficient (Wildman–Crippen LogP) is 2.05. The summed E-state index contributed by atoms with van der Waals surface area (Å²) in [6.45, 7) is 3.81. The van der Waals surface area contributed by atoms with E-state index >= 15 is 0 Å². The Kier molecular flexibility index (Phi) is 4.44. The van der Waals surface area contributed by atoms with Gasteiger partial charge in [-0.25, -0.2) is 4.39 Å². The molecule has 1 amide bonds. The van der Waals surface area contributed by atoms with Crippen molar-refractivity contribution < 1.29 is 9.18 Å². The standard InChI is InChI=1S/C15H14FN3O/c1-11(13-6-8-17-9-7-13)18-19-15(20)10-12-2-4-14(16)5-3-12/h2-9,18H,1,10H2,(H,19,20). The minimum Gasteiger partial charge on any atom is -0.299 e. The molecular weight excluding hydrogens is 257 g/mol. The summed E-state index contributed by atoms with van der Waals surface area (Å²) in [6, 6.07) is 9.36. The van der Waals surface area contributed by atoms with Crippen LogP contribution in [-0.2, 0) is 11.2 Å². The molecule has 0 saturated heterocycles. The molecule has 1 aromatic carbocycles. The Hall–Kier alpha value is -2.69. The predicted molar refractivity (Wildman–Crippen MR) is 74.7 cm³/mol. The van der Waals surface area contributed by atoms with Gasteiger partial charge in [-0.2, -0.15) is 0 Å². The number of nitrogens with one attached hydrogen (secondary N) is 2. The number of hydrogen-bond donors (Lipinski definition) is 2. The fourth-order valence-electron chi connectivity index (χ4n) is 1.60. The number of nitrogens with zero attached hydrogens (tertiary/aromatic N) is 1. The van der Waals surface area contributed by atoms with Crippen LogP contribution < -0.4 is 10.9 Å². The maximum Gasteiger partial charge on any atom is 0.242 e. The van der Waals surface area contributed by atoms with Gasteiger partial charge < -0.3 is 0 Å². The first-order valence-electron chi connectivity index (χ1n) is 6.04. The molecule has 4 nitrogen and oxygen atoms in total. The SMILES string of the molecule is C=C(NNC(=O)Cc1ccc(F)cc1)c1ccncc1. The summed E-state index contributed by atoms with van der Waals surface area (Å²) in [5, 5.41) is 0. The molecule has 2 N–H and O–H groups in total. The number of benzene rings is 1. The quantitative estimate of drug-likeness (QED) is 0.818. The molecule has 0 aliphatic heterocycles. The number of aromatic nitrogens is 1. The van der Waals surface area contributed by atoms with Crippen LogP contribution in [0.2, 0.25) is 0 Å². The molecule has 0 aliphatic rings. The number of carbonyl (C=O) groups excluding carboxylic acids is 1. The highest BCUT2D eigenvalue weighted by molar-refractivity contribution is 5.79. The van der Waals surface area contributed by atoms with Gasteiger partial charge in [-0.1, -0.05) is 18.7 Å². The molecule has 5 heteroatoms. The monoisotopic (exact) mass is 271 g/mol. The zero-order valence-corrected chi connectivity index (χ0v) is 10.8. The van der Waals surface area contributed by atoms with E-state index in [0.29, 0.717) is 5.70 Å². The summed E-state index contributed by atoms with van der Waals surface area (Å²) in [5.74, 6) is -0.551. The highest BCUT2D eigenvalue weighted by atomic mass is 19.1. The van der Waals surface area contributed by atoms with Crippen molar-refractivity contribution in [1.82, 2.24) is 15.8 Å². The number of carbonyl (C=O) groups is 1. The van der Waals surface area contributed by atoms with Crippen LogP contribution >= 0.6 is 0 Å². The van der Waals surface area contributed by atoms with E-state index in [0.717, 1.165) is 11.1 Å². The van der Waals surface area contributed by atoms with Crippen molar-refractivity contribution in [2.24, 2.45) is 0 Å². The Morgan fingerprint density at radius 2 is 1.75 bits per heavy atom. The number of halogens is 1. The fraction of sp³-hybridized carbons (Fsp3) is 0.0667. The third-order valence-corrected chi connectivity index (χ3v) is 2.66. The van der Waals surface area contributed by atoms with Gasteiger partial charge in [-0.15, -0.1) is 0 Å². The number of rotatable bonds is 5. The van der Waals surface area contributed by atoms with Gasteiger partial charge in [0.1, 0.15) is 5.82 Å². The van der Waals surface area contributed by atoms with Gasteiger partial charge in [-0.05, 0) is 29.8 Å². The average molecular weight is 271 g/mol. The van der Waals surface area contributed by atoms with Crippen LogP contribution in [0.3, 0.4) is 0 Å². The lowest BCUT2D eigenvalue weighted by Gasteiger charge is -2.11. The first kappa shape index (κ1) is 13.7. The van der Waals surface area contributed by atoms with E-state index in [1.807, 2.05) is 0 Å². The van der Waals surface area contributed by atoms with Crippen LogP contribution in [0, 0.1) is 5.82 Å². The summed E-state index contributed by atoms with van der Waals surface area (Å²) in [6.07, 6.45) is 3.45. The first-order chi connectivity index (χ1) is 9.65. The molecule has 2 aromatic rings. The van der Waals surface area contributed by atoms with Gasteiger partial charge in [0.05, 0.1) is 12.1 Å². The Balaban J connectivity index is 1.83. The normalized spacial score (nSPS) is 9.85. The maximum absolute atomic E-state index is 12.7. The molecule has 20 heavy (non-hydrogen) atoms. The first-order valence-corrected chi connectivity index (χ1v) is 6.04. The van der Waals surface area contributed by atoms with Gasteiger partial charge in [0.15, 0.2) is 0 Å². The fourth-order valence-corrected chi connectivity index (χ4v) is 1.60. The molecule has 0 bridgehead atoms. The van der Waals surface area contributed by atoms with Crippen molar-refractivity contribution in [3.63, 3.8) is 0 Å². The minimum atomic E-state index is -0.321. The van der Waals surface area contributed by atoms with E-state index in [2.05, 4.69) is 22.4 Å². The van der Waals surface area contributed by atoms with E-state index in [1.54, 1.807) is 36.7 Å². The molecule has 1 aromatic heterocycles. The van der Waals surface area contributed by atoms with Gasteiger partial charge in [0, 0.05) is 18.0 Å². The lowest BCUT2D eigenvalue weighted by atomic mass is 10.1. The van der Waals surface area contributed by atoms with Gasteiger partial charge >= 0.3 is 0 Å². The molecular formula is C15H14FN3O. The molecule has 0 spiro atoms. The maximum atomic E-state index is 12.7. The van der Waals surface area contributed by atoms with Crippen LogP contribution in [0.1, 0.15) is 11.1 Å². The molecule has 0 unspecified atom stereocenters. The zero-order valence-electron chi connectivity index (χ0n) is 10.8. The number of amides is 1. The van der Waals surface area contributed by atoms with Gasteiger partial charge in [0.2, 0.25) is 5.91 Å². The lowest BCUT2D eigenvalue weighted by Crippen LogP contribution is -2.36. The van der Waals surface area contributed by atoms with E-state index in [9.17, 15) is 9.18 Å². The van der Waals surface area contributed by atoms with Crippen LogP contribution in [0.4, 0.5) is 4.39 Å². The van der Waals surface area contributed by atoms with Crippen molar-refractivity contribution in [3.8, 4) is 0 Å². The molecule has 0 radical (unpaired) electrons. The van der Waals surface area contributed by atoms with Crippen molar-refractivity contribution in [2.45, 2.75) is 6.42 Å². The van der Waals surface area contributed by atoms with Crippen LogP contribution in [0.5, 0.6) is 0 Å². The Morgan fingerprint density at radius 1 is 1.10 bits per heavy atom. The Morgan fingerprint density at radius 3 is 2.40 bits per heavy atom. The highest BCUT2D eigenvalue weighted by Crippen LogP contribution is 2.06. The van der Waals surface area contributed by atoms with Crippen LogP contribution in [0.15, 0.2) is 55.4 Å². The topological polar surface area (TPSA) is 54.0 Å². The second-order valence-corrected chi connectivity index (χ2v) is 4.19. The highest BCUT2D eigenvalue weighted by Gasteiger charge is 2.04. The summed E-state index contributed by atoms with van der Waals surface area (Å²) in [5.41, 5.74) is 7.42. The average Bonchev–Trinajstić information content (AvgIpc) is 2.48. The summed E-state index contributed by atoms with van der Waals surface area (Å²) >= 11 is 0. The lowest BCUT2D eigenvalue weighted by molar-refractivity contribution is -0.121. The molecule has 102 valence electrons. The third kappa shape index (κ3) is 3.91. The molecule has 0 saturated carbocycles.